The van der Waals surface area contributed by atoms with Crippen molar-refractivity contribution in [3.8, 4) is 0 Å². The number of benzene rings is 1. The number of carbonyl (C=O) groups is 1. The predicted molar refractivity (Wildman–Crippen MR) is 64.7 cm³/mol. The van der Waals surface area contributed by atoms with E-state index in [2.05, 4.69) is 5.32 Å². The molecule has 0 radical (unpaired) electrons. The second-order valence-corrected chi connectivity index (χ2v) is 3.50. The molecule has 0 aliphatic heterocycles. The van der Waals surface area contributed by atoms with E-state index in [1.807, 2.05) is 6.92 Å². The number of amides is 1. The monoisotopic (exact) mass is 248 g/mol. The van der Waals surface area contributed by atoms with Gasteiger partial charge in [0.2, 0.25) is 0 Å². The van der Waals surface area contributed by atoms with Gasteiger partial charge in [-0.2, -0.15) is 0 Å². The fourth-order valence-electron chi connectivity index (χ4n) is 1.01. The first-order valence-corrected chi connectivity index (χ1v) is 4.78. The maximum atomic E-state index is 11.6. The highest BCUT2D eigenvalue weighted by Crippen LogP contribution is 2.14. The molecule has 0 spiro atoms. The largest absolute Gasteiger partial charge is 0.348 e. The van der Waals surface area contributed by atoms with Gasteiger partial charge in [0, 0.05) is 12.6 Å². The molecule has 0 unspecified atom stereocenters. The van der Waals surface area contributed by atoms with E-state index in [1.165, 1.54) is 0 Å². The smallest absolute Gasteiger partial charge is 0.253 e. The Hall–Kier alpha value is -0.770. The van der Waals surface area contributed by atoms with Crippen molar-refractivity contribution in [3.05, 3.63) is 34.9 Å². The van der Waals surface area contributed by atoms with Crippen LogP contribution in [0.3, 0.4) is 0 Å². The van der Waals surface area contributed by atoms with E-state index in [4.69, 9.17) is 17.3 Å². The van der Waals surface area contributed by atoms with Gasteiger partial charge < -0.3 is 11.1 Å². The van der Waals surface area contributed by atoms with Crippen molar-refractivity contribution >= 4 is 29.9 Å². The minimum Gasteiger partial charge on any atom is -0.348 e. The molecule has 0 aliphatic carbocycles. The third-order valence-corrected chi connectivity index (χ3v) is 2.18. The summed E-state index contributed by atoms with van der Waals surface area (Å²) in [5, 5.41) is 3.19. The summed E-state index contributed by atoms with van der Waals surface area (Å²) in [4.78, 5) is 11.6. The van der Waals surface area contributed by atoms with Crippen LogP contribution in [0.15, 0.2) is 24.3 Å². The zero-order chi connectivity index (χ0) is 10.6. The molecule has 15 heavy (non-hydrogen) atoms. The highest BCUT2D eigenvalue weighted by atomic mass is 35.5. The number of halogens is 2. The molecule has 0 saturated heterocycles. The summed E-state index contributed by atoms with van der Waals surface area (Å²) < 4.78 is 0. The van der Waals surface area contributed by atoms with Gasteiger partial charge in [-0.25, -0.2) is 0 Å². The number of hydrogen-bond acceptors (Lipinski definition) is 2. The number of nitrogens with one attached hydrogen (secondary N) is 1. The first-order chi connectivity index (χ1) is 6.65. The highest BCUT2D eigenvalue weighted by molar-refractivity contribution is 6.33. The molecule has 1 aromatic carbocycles. The van der Waals surface area contributed by atoms with Crippen LogP contribution in [0.1, 0.15) is 17.3 Å². The maximum absolute atomic E-state index is 11.6. The van der Waals surface area contributed by atoms with Crippen LogP contribution in [0.2, 0.25) is 5.02 Å². The number of carbonyl (C=O) groups excluding carboxylic acids is 1. The Bertz CT molecular complexity index is 331. The molecule has 0 bridgehead atoms. The number of hydrogen-bond donors (Lipinski definition) is 2. The maximum Gasteiger partial charge on any atom is 0.253 e. The van der Waals surface area contributed by atoms with Crippen LogP contribution in [-0.2, 0) is 0 Å². The van der Waals surface area contributed by atoms with Crippen molar-refractivity contribution in [2.24, 2.45) is 5.73 Å². The lowest BCUT2D eigenvalue weighted by molar-refractivity contribution is 0.0941. The van der Waals surface area contributed by atoms with E-state index in [9.17, 15) is 4.79 Å². The molecule has 0 heterocycles. The highest BCUT2D eigenvalue weighted by Gasteiger charge is 2.10. The second kappa shape index (κ2) is 6.67. The lowest BCUT2D eigenvalue weighted by atomic mass is 10.2. The van der Waals surface area contributed by atoms with Crippen LogP contribution in [0.25, 0.3) is 0 Å². The Morgan fingerprint density at radius 2 is 2.13 bits per heavy atom. The predicted octanol–water partition coefficient (Wildman–Crippen LogP) is 1.84. The van der Waals surface area contributed by atoms with E-state index in [0.29, 0.717) is 17.1 Å². The van der Waals surface area contributed by atoms with Gasteiger partial charge in [-0.3, -0.25) is 4.79 Å². The van der Waals surface area contributed by atoms with Gasteiger partial charge in [-0.15, -0.1) is 12.4 Å². The molecule has 3 N–H and O–H groups in total. The summed E-state index contributed by atoms with van der Waals surface area (Å²) in [5.74, 6) is -0.187. The van der Waals surface area contributed by atoms with Gasteiger partial charge in [-0.1, -0.05) is 23.7 Å². The minimum atomic E-state index is -0.187. The molecule has 84 valence electrons. The number of nitrogens with two attached hydrogens (primary N) is 1. The van der Waals surface area contributed by atoms with E-state index in [-0.39, 0.29) is 24.4 Å². The Labute approximate surface area is 100 Å². The van der Waals surface area contributed by atoms with Gasteiger partial charge in [0.25, 0.3) is 5.91 Å². The average Bonchev–Trinajstić information content (AvgIpc) is 2.18. The molecule has 0 aromatic heterocycles. The minimum absolute atomic E-state index is 0. The van der Waals surface area contributed by atoms with E-state index < -0.39 is 0 Å². The van der Waals surface area contributed by atoms with Gasteiger partial charge >= 0.3 is 0 Å². The number of rotatable bonds is 3. The summed E-state index contributed by atoms with van der Waals surface area (Å²) in [6.07, 6.45) is 0. The lowest BCUT2D eigenvalue weighted by Gasteiger charge is -2.11. The van der Waals surface area contributed by atoms with Crippen molar-refractivity contribution in [3.63, 3.8) is 0 Å². The summed E-state index contributed by atoms with van der Waals surface area (Å²) in [6.45, 7) is 2.25. The Morgan fingerprint density at radius 3 is 2.67 bits per heavy atom. The van der Waals surface area contributed by atoms with Crippen LogP contribution < -0.4 is 11.1 Å². The normalized spacial score (nSPS) is 11.4. The van der Waals surface area contributed by atoms with Crippen LogP contribution >= 0.6 is 24.0 Å². The molecule has 0 saturated carbocycles. The first kappa shape index (κ1) is 14.2. The quantitative estimate of drug-likeness (QED) is 0.858. The molecule has 0 fully saturated rings. The fraction of sp³-hybridized carbons (Fsp3) is 0.300. The molecular formula is C10H14Cl2N2O. The van der Waals surface area contributed by atoms with Crippen LogP contribution in [-0.4, -0.2) is 18.5 Å². The molecular weight excluding hydrogens is 235 g/mol. The molecule has 5 heteroatoms. The van der Waals surface area contributed by atoms with Gasteiger partial charge in [-0.05, 0) is 19.1 Å². The van der Waals surface area contributed by atoms with Crippen molar-refractivity contribution < 1.29 is 4.79 Å². The Morgan fingerprint density at radius 1 is 1.53 bits per heavy atom. The molecule has 3 nitrogen and oxygen atoms in total. The van der Waals surface area contributed by atoms with E-state index in [1.54, 1.807) is 24.3 Å². The third kappa shape index (κ3) is 4.08. The molecule has 1 amide bonds. The van der Waals surface area contributed by atoms with E-state index >= 15 is 0 Å². The van der Waals surface area contributed by atoms with Crippen molar-refractivity contribution in [1.82, 2.24) is 5.32 Å². The molecule has 1 atom stereocenters. The van der Waals surface area contributed by atoms with Crippen LogP contribution in [0, 0.1) is 0 Å². The topological polar surface area (TPSA) is 55.1 Å². The summed E-state index contributed by atoms with van der Waals surface area (Å²) in [5.41, 5.74) is 5.87. The van der Waals surface area contributed by atoms with Crippen molar-refractivity contribution in [1.29, 1.82) is 0 Å². The zero-order valence-corrected chi connectivity index (χ0v) is 9.94. The molecule has 1 aromatic rings. The Balaban J connectivity index is 0.00000196. The Kier molecular flexibility index (Phi) is 6.32. The van der Waals surface area contributed by atoms with Gasteiger partial charge in [0.1, 0.15) is 0 Å². The van der Waals surface area contributed by atoms with Crippen molar-refractivity contribution in [2.75, 3.05) is 6.54 Å². The molecule has 0 aliphatic rings. The average molecular weight is 249 g/mol. The SMILES string of the molecule is C[C@@H](CN)NC(=O)c1ccccc1Cl.Cl. The summed E-state index contributed by atoms with van der Waals surface area (Å²) >= 11 is 5.85. The third-order valence-electron chi connectivity index (χ3n) is 1.85. The van der Waals surface area contributed by atoms with Crippen LogP contribution in [0.5, 0.6) is 0 Å². The lowest BCUT2D eigenvalue weighted by Crippen LogP contribution is -2.37. The second-order valence-electron chi connectivity index (χ2n) is 3.09. The first-order valence-electron chi connectivity index (χ1n) is 4.40. The summed E-state index contributed by atoms with van der Waals surface area (Å²) in [7, 11) is 0. The molecule has 1 rings (SSSR count). The van der Waals surface area contributed by atoms with Crippen molar-refractivity contribution in [2.45, 2.75) is 13.0 Å². The zero-order valence-electron chi connectivity index (χ0n) is 8.37. The van der Waals surface area contributed by atoms with Gasteiger partial charge in [0.15, 0.2) is 0 Å². The van der Waals surface area contributed by atoms with Crippen LogP contribution in [0.4, 0.5) is 0 Å². The summed E-state index contributed by atoms with van der Waals surface area (Å²) in [6, 6.07) is 6.88. The van der Waals surface area contributed by atoms with Gasteiger partial charge in [0.05, 0.1) is 10.6 Å². The fourth-order valence-corrected chi connectivity index (χ4v) is 1.23. The standard InChI is InChI=1S/C10H13ClN2O.ClH/c1-7(6-12)13-10(14)8-4-2-3-5-9(8)11;/h2-5,7H,6,12H2,1H3,(H,13,14);1H/t7-;/m0./s1. The van der Waals surface area contributed by atoms with E-state index in [0.717, 1.165) is 0 Å².